The number of benzene rings is 1. The van der Waals surface area contributed by atoms with E-state index in [2.05, 4.69) is 55.4 Å². The molecule has 2 aromatic rings. The smallest absolute Gasteiger partial charge is 0.335 e. The lowest BCUT2D eigenvalue weighted by atomic mass is 9.86. The highest BCUT2D eigenvalue weighted by molar-refractivity contribution is 6.84. The molecule has 1 aromatic heterocycles. The van der Waals surface area contributed by atoms with Crippen molar-refractivity contribution in [2.24, 2.45) is 0 Å². The van der Waals surface area contributed by atoms with E-state index in [4.69, 9.17) is 27.2 Å². The predicted molar refractivity (Wildman–Crippen MR) is 168 cm³/mol. The van der Waals surface area contributed by atoms with Crippen molar-refractivity contribution in [2.45, 2.75) is 115 Å². The molecule has 5 rings (SSSR count). The molecule has 0 radical (unpaired) electrons. The highest BCUT2D eigenvalue weighted by Crippen LogP contribution is 2.54. The van der Waals surface area contributed by atoms with Gasteiger partial charge in [0.05, 0.1) is 26.9 Å². The summed E-state index contributed by atoms with van der Waals surface area (Å²) in [5.41, 5.74) is -0.243. The molecule has 0 amide bonds. The van der Waals surface area contributed by atoms with Crippen molar-refractivity contribution in [1.82, 2.24) is 9.13 Å². The Morgan fingerprint density at radius 3 is 2.05 bits per heavy atom. The van der Waals surface area contributed by atoms with E-state index in [0.717, 1.165) is 5.56 Å². The molecule has 1 spiro atoms. The summed E-state index contributed by atoms with van der Waals surface area (Å²) < 4.78 is 42.7. The summed E-state index contributed by atoms with van der Waals surface area (Å²) in [5.74, 6) is 0.704. The molecule has 238 valence electrons. The zero-order valence-corrected chi connectivity index (χ0v) is 29.0. The molecule has 0 N–H and O–H groups in total. The van der Waals surface area contributed by atoms with Gasteiger partial charge in [0.25, 0.3) is 5.56 Å². The largest absolute Gasteiger partial charge is 0.497 e. The van der Waals surface area contributed by atoms with Gasteiger partial charge in [-0.1, -0.05) is 67.5 Å². The third-order valence-electron chi connectivity index (χ3n) is 9.57. The van der Waals surface area contributed by atoms with E-state index in [1.54, 1.807) is 7.11 Å². The summed E-state index contributed by atoms with van der Waals surface area (Å²) in [6.45, 7) is 18.4. The molecule has 4 heterocycles. The van der Waals surface area contributed by atoms with Gasteiger partial charge in [0.15, 0.2) is 6.23 Å². The molecule has 0 aliphatic carbocycles. The predicted octanol–water partition coefficient (Wildman–Crippen LogP) is 5.08. The second kappa shape index (κ2) is 12.0. The second-order valence-electron chi connectivity index (χ2n) is 13.4. The van der Waals surface area contributed by atoms with Crippen LogP contribution in [0, 0.1) is 0 Å². The monoisotopic (exact) mass is 632 g/mol. The topological polar surface area (TPSA) is 99.4 Å². The van der Waals surface area contributed by atoms with Crippen molar-refractivity contribution < 1.29 is 27.2 Å². The molecule has 3 aliphatic heterocycles. The maximum Gasteiger partial charge on any atom is 0.335 e. The fraction of sp³-hybridized carbons (Fsp3) is 0.677. The van der Waals surface area contributed by atoms with Gasteiger partial charge in [0.1, 0.15) is 23.6 Å². The van der Waals surface area contributed by atoms with E-state index >= 15 is 0 Å². The van der Waals surface area contributed by atoms with Crippen LogP contribution in [0.2, 0.25) is 22.2 Å². The van der Waals surface area contributed by atoms with Crippen LogP contribution in [0.5, 0.6) is 5.75 Å². The summed E-state index contributed by atoms with van der Waals surface area (Å²) in [6.07, 6.45) is 0.449. The molecule has 0 bridgehead atoms. The maximum atomic E-state index is 14.0. The summed E-state index contributed by atoms with van der Waals surface area (Å²) in [4.78, 5) is 26.9. The molecular weight excluding hydrogens is 585 g/mol. The Bertz CT molecular complexity index is 1380. The van der Waals surface area contributed by atoms with Crippen LogP contribution in [-0.4, -0.2) is 64.4 Å². The third-order valence-corrected chi connectivity index (χ3v) is 19.8. The molecule has 10 nitrogen and oxygen atoms in total. The van der Waals surface area contributed by atoms with Crippen molar-refractivity contribution in [2.75, 3.05) is 20.3 Å². The van der Waals surface area contributed by atoms with Gasteiger partial charge in [-0.05, 0) is 39.9 Å². The highest BCUT2D eigenvalue weighted by atomic mass is 28.5. The van der Waals surface area contributed by atoms with Crippen molar-refractivity contribution in [1.29, 1.82) is 0 Å². The average Bonchev–Trinajstić information content (AvgIpc) is 3.24. The molecule has 1 aromatic carbocycles. The van der Waals surface area contributed by atoms with E-state index < -0.39 is 46.8 Å². The van der Waals surface area contributed by atoms with Crippen LogP contribution >= 0.6 is 0 Å². The number of nitrogens with zero attached hydrogens (tertiary/aromatic N) is 2. The Labute approximate surface area is 256 Å². The number of ether oxygens (including phenoxy) is 3. The molecule has 4 atom stereocenters. The fourth-order valence-corrected chi connectivity index (χ4v) is 18.3. The molecule has 3 fully saturated rings. The summed E-state index contributed by atoms with van der Waals surface area (Å²) in [7, 11) is -4.10. The number of hydrogen-bond donors (Lipinski definition) is 0. The Morgan fingerprint density at radius 2 is 1.53 bits per heavy atom. The van der Waals surface area contributed by atoms with Crippen LogP contribution in [0.3, 0.4) is 0 Å². The maximum absolute atomic E-state index is 14.0. The molecule has 3 saturated heterocycles. The van der Waals surface area contributed by atoms with Crippen LogP contribution in [0.1, 0.15) is 73.6 Å². The molecule has 0 saturated carbocycles. The van der Waals surface area contributed by atoms with Crippen molar-refractivity contribution >= 4 is 17.1 Å². The lowest BCUT2D eigenvalue weighted by Crippen LogP contribution is -2.68. The molecule has 3 aliphatic rings. The van der Waals surface area contributed by atoms with Crippen LogP contribution < -0.4 is 16.0 Å². The van der Waals surface area contributed by atoms with Gasteiger partial charge in [0.2, 0.25) is 0 Å². The standard InChI is InChI=1S/C31H48N2O8Si2/c1-20(2)42(21(3)4)38-19-26-28(40-43(41-42,22(5)6)23(7)8)31(15-17-37-31)29(39-26)32-16-14-27(34)33(30(32)35)18-24-10-12-25(36-9)13-11-24/h10-14,16,20-23,26,28-29H,15,17-19H2,1-9H3/t26-,28-,29-,31-/m1/s1. The number of hydrogen-bond acceptors (Lipinski definition) is 8. The van der Waals surface area contributed by atoms with E-state index in [0.29, 0.717) is 18.8 Å². The second-order valence-corrected chi connectivity index (χ2v) is 22.2. The Morgan fingerprint density at radius 1 is 0.930 bits per heavy atom. The van der Waals surface area contributed by atoms with E-state index in [9.17, 15) is 9.59 Å². The Balaban J connectivity index is 1.57. The number of aromatic nitrogens is 2. The zero-order valence-electron chi connectivity index (χ0n) is 27.0. The first-order valence-corrected chi connectivity index (χ1v) is 19.5. The minimum Gasteiger partial charge on any atom is -0.497 e. The van der Waals surface area contributed by atoms with Crippen molar-refractivity contribution in [3.8, 4) is 5.75 Å². The Hall–Kier alpha value is -2.07. The Kier molecular flexibility index (Phi) is 9.05. The van der Waals surface area contributed by atoms with Crippen molar-refractivity contribution in [3.63, 3.8) is 0 Å². The van der Waals surface area contributed by atoms with Crippen LogP contribution in [0.25, 0.3) is 0 Å². The van der Waals surface area contributed by atoms with Gasteiger partial charge in [0, 0.05) is 18.7 Å². The molecular formula is C31H48N2O8Si2. The van der Waals surface area contributed by atoms with Gasteiger partial charge < -0.3 is 27.2 Å². The number of rotatable bonds is 8. The first-order chi connectivity index (χ1) is 20.3. The molecule has 12 heteroatoms. The van der Waals surface area contributed by atoms with Crippen LogP contribution in [0.15, 0.2) is 46.1 Å². The zero-order chi connectivity index (χ0) is 31.3. The first kappa shape index (κ1) is 32.3. The molecule has 43 heavy (non-hydrogen) atoms. The van der Waals surface area contributed by atoms with Crippen molar-refractivity contribution in [3.05, 3.63) is 62.9 Å². The average molecular weight is 633 g/mol. The lowest BCUT2D eigenvalue weighted by Gasteiger charge is -2.54. The fourth-order valence-electron chi connectivity index (χ4n) is 7.06. The van der Waals surface area contributed by atoms with Crippen LogP contribution in [-0.2, 0) is 29.0 Å². The third kappa shape index (κ3) is 5.32. The van der Waals surface area contributed by atoms with E-state index in [1.165, 1.54) is 21.4 Å². The first-order valence-electron chi connectivity index (χ1n) is 15.6. The minimum absolute atomic E-state index is 0.122. The quantitative estimate of drug-likeness (QED) is 0.372. The van der Waals surface area contributed by atoms with Gasteiger partial charge in [-0.15, -0.1) is 0 Å². The summed E-state index contributed by atoms with van der Waals surface area (Å²) in [5, 5.41) is 0. The van der Waals surface area contributed by atoms with Gasteiger partial charge in [-0.2, -0.15) is 0 Å². The molecule has 0 unspecified atom stereocenters. The normalized spacial score (nSPS) is 28.3. The van der Waals surface area contributed by atoms with Gasteiger partial charge in [-0.25, -0.2) is 4.79 Å². The van der Waals surface area contributed by atoms with E-state index in [1.807, 2.05) is 24.3 Å². The van der Waals surface area contributed by atoms with Crippen LogP contribution in [0.4, 0.5) is 0 Å². The van der Waals surface area contributed by atoms with E-state index in [-0.39, 0.29) is 40.9 Å². The minimum atomic E-state index is -2.94. The number of fused-ring (bicyclic) bond motifs is 2. The highest BCUT2D eigenvalue weighted by Gasteiger charge is 2.68. The SMILES string of the molecule is COc1ccc(Cn2c(=O)ccn([C@@H]3O[C@@H]4CO[Si](C(C)C)(C(C)C)O[Si](C(C)C)(C(C)C)O[C@H]4[C@]34CCO4)c2=O)cc1. The number of methoxy groups -OCH3 is 1. The summed E-state index contributed by atoms with van der Waals surface area (Å²) in [6, 6.07) is 8.73. The van der Waals surface area contributed by atoms with Gasteiger partial charge in [-0.3, -0.25) is 13.9 Å². The summed E-state index contributed by atoms with van der Waals surface area (Å²) >= 11 is 0. The lowest BCUT2D eigenvalue weighted by molar-refractivity contribution is -0.226. The van der Waals surface area contributed by atoms with Gasteiger partial charge >= 0.3 is 22.8 Å².